The summed E-state index contributed by atoms with van der Waals surface area (Å²) in [7, 11) is 0. The minimum absolute atomic E-state index is 0.952. The van der Waals surface area contributed by atoms with Gasteiger partial charge in [0.15, 0.2) is 0 Å². The minimum Gasteiger partial charge on any atom is -0.306 e. The number of aromatic nitrogens is 4. The second kappa shape index (κ2) is 15.9. The second-order valence-electron chi connectivity index (χ2n) is 14.5. The lowest BCUT2D eigenvalue weighted by Gasteiger charge is -2.18. The van der Waals surface area contributed by atoms with E-state index in [9.17, 15) is 0 Å². The molecule has 0 amide bonds. The topological polar surface area (TPSA) is 43.6 Å². The lowest BCUT2D eigenvalue weighted by Crippen LogP contribution is -1.93. The summed E-state index contributed by atoms with van der Waals surface area (Å²) in [6.07, 6.45) is 9.59. The molecule has 0 fully saturated rings. The molecule has 0 atom stereocenters. The lowest BCUT2D eigenvalue weighted by molar-refractivity contribution is 1.06. The van der Waals surface area contributed by atoms with E-state index in [1.54, 1.807) is 6.20 Å². The van der Waals surface area contributed by atoms with E-state index in [1.165, 1.54) is 0 Å². The number of pyridine rings is 2. The molecular weight excluding hydrogens is 717 g/mol. The molecule has 0 N–H and O–H groups in total. The third kappa shape index (κ3) is 7.27. The zero-order valence-corrected chi connectivity index (χ0v) is 32.2. The zero-order chi connectivity index (χ0) is 39.4. The number of hydrogen-bond acceptors (Lipinski definition) is 3. The van der Waals surface area contributed by atoms with Crippen molar-refractivity contribution in [2.45, 2.75) is 0 Å². The van der Waals surface area contributed by atoms with Gasteiger partial charge in [0.05, 0.1) is 17.7 Å². The van der Waals surface area contributed by atoms with Crippen molar-refractivity contribution in [3.8, 4) is 95.0 Å². The third-order valence-corrected chi connectivity index (χ3v) is 10.9. The van der Waals surface area contributed by atoms with Gasteiger partial charge in [-0.05, 0) is 98.1 Å². The standard InChI is InChI=1S/C55H38N4/c1-3-13-40(14-4-1)54-29-25-42(36-57-54)49-18-8-11-21-52(49)45-33-44(51-20-10-7-17-48(51)39-23-27-47(28-24-39)59-32-31-56-38-59)34-46(35-45)53-22-12-9-19-50(53)43-26-30-55(58-37-43)41-15-5-2-6-16-41/h1-38H. The Hall–Kier alpha value is -7.95. The fourth-order valence-electron chi connectivity index (χ4n) is 7.94. The van der Waals surface area contributed by atoms with Crippen LogP contribution < -0.4 is 0 Å². The third-order valence-electron chi connectivity index (χ3n) is 10.9. The lowest BCUT2D eigenvalue weighted by atomic mass is 9.86. The molecule has 0 unspecified atom stereocenters. The van der Waals surface area contributed by atoms with Gasteiger partial charge in [0, 0.05) is 52.7 Å². The van der Waals surface area contributed by atoms with Crippen molar-refractivity contribution in [2.75, 3.05) is 0 Å². The van der Waals surface area contributed by atoms with Crippen molar-refractivity contribution in [3.63, 3.8) is 0 Å². The van der Waals surface area contributed by atoms with Crippen molar-refractivity contribution in [2.24, 2.45) is 0 Å². The SMILES string of the molecule is c1ccc(-c2ccc(-c3ccccc3-c3cc(-c4ccccc4-c4ccc(-n5ccnc5)cc4)cc(-c4ccccc4-c4ccc(-c5ccccc5)nc4)c3)cn2)cc1. The maximum Gasteiger partial charge on any atom is 0.0991 e. The molecule has 3 heterocycles. The van der Waals surface area contributed by atoms with E-state index < -0.39 is 0 Å². The Bertz CT molecular complexity index is 2850. The van der Waals surface area contributed by atoms with Gasteiger partial charge in [0.1, 0.15) is 0 Å². The Balaban J connectivity index is 1.12. The maximum atomic E-state index is 4.92. The first-order valence-electron chi connectivity index (χ1n) is 19.8. The van der Waals surface area contributed by atoms with Gasteiger partial charge in [-0.2, -0.15) is 0 Å². The van der Waals surface area contributed by atoms with Crippen LogP contribution >= 0.6 is 0 Å². The van der Waals surface area contributed by atoms with Crippen LogP contribution in [0.2, 0.25) is 0 Å². The van der Waals surface area contributed by atoms with Gasteiger partial charge >= 0.3 is 0 Å². The van der Waals surface area contributed by atoms with Crippen molar-refractivity contribution >= 4 is 0 Å². The van der Waals surface area contributed by atoms with E-state index in [4.69, 9.17) is 9.97 Å². The summed E-state index contributed by atoms with van der Waals surface area (Å²) in [5.74, 6) is 0. The van der Waals surface area contributed by atoms with Gasteiger partial charge in [0.2, 0.25) is 0 Å². The van der Waals surface area contributed by atoms with Crippen molar-refractivity contribution in [1.29, 1.82) is 0 Å². The number of nitrogens with zero attached hydrogens (tertiary/aromatic N) is 4. The molecule has 3 aromatic heterocycles. The van der Waals surface area contributed by atoms with Gasteiger partial charge < -0.3 is 4.57 Å². The van der Waals surface area contributed by atoms with Gasteiger partial charge in [-0.3, -0.25) is 9.97 Å². The quantitative estimate of drug-likeness (QED) is 0.147. The van der Waals surface area contributed by atoms with E-state index in [2.05, 4.69) is 169 Å². The van der Waals surface area contributed by atoms with Crippen LogP contribution in [0.4, 0.5) is 0 Å². The Kier molecular flexibility index (Phi) is 9.55. The first kappa shape index (κ1) is 35.5. The molecule has 0 aliphatic heterocycles. The normalized spacial score (nSPS) is 11.1. The van der Waals surface area contributed by atoms with E-state index >= 15 is 0 Å². The van der Waals surface area contributed by atoms with Crippen LogP contribution in [0.1, 0.15) is 0 Å². The van der Waals surface area contributed by atoms with Crippen LogP contribution in [0.5, 0.6) is 0 Å². The highest BCUT2D eigenvalue weighted by Gasteiger charge is 2.17. The highest BCUT2D eigenvalue weighted by atomic mass is 15.0. The van der Waals surface area contributed by atoms with Gasteiger partial charge in [-0.25, -0.2) is 4.98 Å². The molecule has 10 aromatic rings. The second-order valence-corrected chi connectivity index (χ2v) is 14.5. The van der Waals surface area contributed by atoms with Crippen molar-refractivity contribution < 1.29 is 0 Å². The first-order chi connectivity index (χ1) is 29.2. The summed E-state index contributed by atoms with van der Waals surface area (Å²) >= 11 is 0. The summed E-state index contributed by atoms with van der Waals surface area (Å²) in [6.45, 7) is 0. The van der Waals surface area contributed by atoms with Crippen LogP contribution in [0.15, 0.2) is 231 Å². The van der Waals surface area contributed by atoms with E-state index in [0.717, 1.165) is 95.0 Å². The van der Waals surface area contributed by atoms with E-state index in [-0.39, 0.29) is 0 Å². The van der Waals surface area contributed by atoms with Crippen molar-refractivity contribution in [3.05, 3.63) is 231 Å². The average molecular weight is 755 g/mol. The first-order valence-corrected chi connectivity index (χ1v) is 19.8. The molecule has 0 spiro atoms. The summed E-state index contributed by atoms with van der Waals surface area (Å²) in [5, 5.41) is 0. The molecule has 4 nitrogen and oxygen atoms in total. The number of hydrogen-bond donors (Lipinski definition) is 0. The number of rotatable bonds is 9. The molecule has 7 aromatic carbocycles. The average Bonchev–Trinajstić information content (AvgIpc) is 3.88. The van der Waals surface area contributed by atoms with Gasteiger partial charge in [0.25, 0.3) is 0 Å². The van der Waals surface area contributed by atoms with Crippen LogP contribution in [0.25, 0.3) is 95.0 Å². The fraction of sp³-hybridized carbons (Fsp3) is 0. The van der Waals surface area contributed by atoms with E-state index in [0.29, 0.717) is 0 Å². The highest BCUT2D eigenvalue weighted by Crippen LogP contribution is 2.42. The fourth-order valence-corrected chi connectivity index (χ4v) is 7.94. The largest absolute Gasteiger partial charge is 0.306 e. The molecule has 0 saturated carbocycles. The summed E-state index contributed by atoms with van der Waals surface area (Å²) < 4.78 is 2.02. The van der Waals surface area contributed by atoms with Gasteiger partial charge in [-0.15, -0.1) is 0 Å². The highest BCUT2D eigenvalue weighted by molar-refractivity contribution is 5.94. The molecule has 0 aliphatic carbocycles. The predicted molar refractivity (Wildman–Crippen MR) is 243 cm³/mol. The van der Waals surface area contributed by atoms with Gasteiger partial charge in [-0.1, -0.05) is 158 Å². The summed E-state index contributed by atoms with van der Waals surface area (Å²) in [4.78, 5) is 14.1. The predicted octanol–water partition coefficient (Wildman–Crippen LogP) is 14.0. The molecule has 10 rings (SSSR count). The molecule has 0 aliphatic rings. The Labute approximate surface area is 344 Å². The monoisotopic (exact) mass is 754 g/mol. The van der Waals surface area contributed by atoms with Crippen LogP contribution in [-0.2, 0) is 0 Å². The molecule has 278 valence electrons. The van der Waals surface area contributed by atoms with Crippen LogP contribution in [-0.4, -0.2) is 19.5 Å². The zero-order valence-electron chi connectivity index (χ0n) is 32.2. The molecule has 59 heavy (non-hydrogen) atoms. The number of benzene rings is 7. The molecule has 0 saturated heterocycles. The molecule has 0 radical (unpaired) electrons. The van der Waals surface area contributed by atoms with Crippen molar-refractivity contribution in [1.82, 2.24) is 19.5 Å². The Morgan fingerprint density at radius 2 is 0.678 bits per heavy atom. The Morgan fingerprint density at radius 3 is 1.05 bits per heavy atom. The molecule has 4 heteroatoms. The van der Waals surface area contributed by atoms with Crippen LogP contribution in [0.3, 0.4) is 0 Å². The number of imidazole rings is 1. The molecular formula is C55H38N4. The smallest absolute Gasteiger partial charge is 0.0991 e. The van der Waals surface area contributed by atoms with E-state index in [1.807, 2.05) is 65.9 Å². The Morgan fingerprint density at radius 1 is 0.305 bits per heavy atom. The molecule has 0 bridgehead atoms. The van der Waals surface area contributed by atoms with Crippen LogP contribution in [0, 0.1) is 0 Å². The summed E-state index contributed by atoms with van der Waals surface area (Å²) in [5.41, 5.74) is 18.7. The maximum absolute atomic E-state index is 4.92. The summed E-state index contributed by atoms with van der Waals surface area (Å²) in [6, 6.07) is 71.0. The minimum atomic E-state index is 0.952.